The Hall–Kier alpha value is -3.29. The lowest BCUT2D eigenvalue weighted by molar-refractivity contribution is -0.122. The van der Waals surface area contributed by atoms with E-state index in [0.717, 1.165) is 24.8 Å². The number of rotatable bonds is 11. The number of aromatic nitrogens is 1. The van der Waals surface area contributed by atoms with Crippen LogP contribution >= 0.6 is 24.0 Å². The SMILES string of the molecule is CCCCCCCN1C(=O)/C(=C\c2c(C)c(C#N)c(=O)n(CC)c2NCc2ccc3c(c2)OCO3)SC1=S. The van der Waals surface area contributed by atoms with Gasteiger partial charge in [0.15, 0.2) is 11.5 Å². The number of fused-ring (bicyclic) bond motifs is 1. The summed E-state index contributed by atoms with van der Waals surface area (Å²) in [6.07, 6.45) is 7.23. The van der Waals surface area contributed by atoms with Gasteiger partial charge in [-0.1, -0.05) is 62.7 Å². The van der Waals surface area contributed by atoms with E-state index in [1.54, 1.807) is 22.5 Å². The maximum absolute atomic E-state index is 13.3. The maximum Gasteiger partial charge on any atom is 0.270 e. The van der Waals surface area contributed by atoms with Gasteiger partial charge in [-0.3, -0.25) is 19.1 Å². The lowest BCUT2D eigenvalue weighted by atomic mass is 10.0. The fraction of sp³-hybridized carbons (Fsp3) is 0.429. The van der Waals surface area contributed by atoms with Crippen LogP contribution in [0.2, 0.25) is 0 Å². The number of benzene rings is 1. The highest BCUT2D eigenvalue weighted by atomic mass is 32.2. The number of carbonyl (C=O) groups excluding carboxylic acids is 1. The van der Waals surface area contributed by atoms with E-state index in [1.807, 2.05) is 25.1 Å². The summed E-state index contributed by atoms with van der Waals surface area (Å²) in [6.45, 7) is 7.32. The van der Waals surface area contributed by atoms with Crippen LogP contribution in [0.1, 0.15) is 68.2 Å². The summed E-state index contributed by atoms with van der Waals surface area (Å²) in [7, 11) is 0. The van der Waals surface area contributed by atoms with Gasteiger partial charge in [0, 0.05) is 25.2 Å². The molecule has 8 nitrogen and oxygen atoms in total. The van der Waals surface area contributed by atoms with Crippen LogP contribution in [0, 0.1) is 18.3 Å². The van der Waals surface area contributed by atoms with E-state index >= 15 is 0 Å². The number of hydrogen-bond donors (Lipinski definition) is 1. The zero-order valence-electron chi connectivity index (χ0n) is 22.0. The second kappa shape index (κ2) is 12.5. The number of nitrogens with one attached hydrogen (secondary N) is 1. The van der Waals surface area contributed by atoms with Crippen LogP contribution in [0.4, 0.5) is 5.82 Å². The van der Waals surface area contributed by atoms with E-state index < -0.39 is 0 Å². The molecule has 0 atom stereocenters. The summed E-state index contributed by atoms with van der Waals surface area (Å²) in [4.78, 5) is 28.6. The number of unbranched alkanes of at least 4 members (excludes halogenated alkanes) is 4. The molecule has 2 aliphatic rings. The molecule has 1 aromatic carbocycles. The monoisotopic (exact) mass is 552 g/mol. The topological polar surface area (TPSA) is 96.6 Å². The van der Waals surface area contributed by atoms with Crippen molar-refractivity contribution in [1.29, 1.82) is 5.26 Å². The van der Waals surface area contributed by atoms with E-state index in [1.165, 1.54) is 24.6 Å². The number of nitrogens with zero attached hydrogens (tertiary/aromatic N) is 3. The molecule has 1 amide bonds. The number of pyridine rings is 1. The van der Waals surface area contributed by atoms with Crippen molar-refractivity contribution in [2.45, 2.75) is 66.0 Å². The van der Waals surface area contributed by atoms with Gasteiger partial charge < -0.3 is 14.8 Å². The van der Waals surface area contributed by atoms with Crippen molar-refractivity contribution in [2.75, 3.05) is 18.7 Å². The van der Waals surface area contributed by atoms with Crippen LogP contribution in [0.25, 0.3) is 6.08 Å². The third-order valence-corrected chi connectivity index (χ3v) is 8.10. The van der Waals surface area contributed by atoms with Gasteiger partial charge >= 0.3 is 0 Å². The predicted molar refractivity (Wildman–Crippen MR) is 154 cm³/mol. The van der Waals surface area contributed by atoms with E-state index in [2.05, 4.69) is 18.3 Å². The summed E-state index contributed by atoms with van der Waals surface area (Å²) < 4.78 is 13.0. The van der Waals surface area contributed by atoms with Gasteiger partial charge in [-0.05, 0) is 49.6 Å². The molecule has 1 aromatic heterocycles. The second-order valence-electron chi connectivity index (χ2n) is 9.21. The van der Waals surface area contributed by atoms with Gasteiger partial charge in [0.1, 0.15) is 21.8 Å². The Kier molecular flexibility index (Phi) is 9.13. The molecule has 3 heterocycles. The molecule has 2 aliphatic heterocycles. The quantitative estimate of drug-likeness (QED) is 0.220. The molecule has 0 unspecified atom stereocenters. The average Bonchev–Trinajstić information content (AvgIpc) is 3.48. The largest absolute Gasteiger partial charge is 0.454 e. The Morgan fingerprint density at radius 1 is 1.16 bits per heavy atom. The maximum atomic E-state index is 13.3. The number of amides is 1. The van der Waals surface area contributed by atoms with Crippen molar-refractivity contribution in [3.05, 3.63) is 55.7 Å². The van der Waals surface area contributed by atoms with Gasteiger partial charge in [-0.15, -0.1) is 0 Å². The molecule has 1 N–H and O–H groups in total. The Morgan fingerprint density at radius 2 is 1.92 bits per heavy atom. The first-order valence-electron chi connectivity index (χ1n) is 12.9. The first-order chi connectivity index (χ1) is 18.4. The Labute approximate surface area is 232 Å². The van der Waals surface area contributed by atoms with Crippen molar-refractivity contribution in [2.24, 2.45) is 0 Å². The lowest BCUT2D eigenvalue weighted by Crippen LogP contribution is -2.29. The van der Waals surface area contributed by atoms with Gasteiger partial charge in [0.2, 0.25) is 6.79 Å². The molecule has 0 saturated carbocycles. The number of hydrogen-bond acceptors (Lipinski definition) is 8. The molecule has 0 bridgehead atoms. The number of thioether (sulfide) groups is 1. The molecule has 4 rings (SSSR count). The lowest BCUT2D eigenvalue weighted by Gasteiger charge is -2.19. The number of ether oxygens (including phenoxy) is 2. The van der Waals surface area contributed by atoms with Gasteiger partial charge in [0.05, 0.1) is 4.91 Å². The molecule has 10 heteroatoms. The normalized spacial score (nSPS) is 15.4. The first kappa shape index (κ1) is 27.7. The molecule has 200 valence electrons. The van der Waals surface area contributed by atoms with E-state index in [9.17, 15) is 14.9 Å². The predicted octanol–water partition coefficient (Wildman–Crippen LogP) is 5.56. The Morgan fingerprint density at radius 3 is 2.66 bits per heavy atom. The van der Waals surface area contributed by atoms with Crippen LogP contribution in [-0.2, 0) is 17.9 Å². The molecule has 38 heavy (non-hydrogen) atoms. The van der Waals surface area contributed by atoms with Crippen LogP contribution in [-0.4, -0.2) is 33.0 Å². The van der Waals surface area contributed by atoms with Crippen molar-refractivity contribution in [3.63, 3.8) is 0 Å². The number of anilines is 1. The Balaban J connectivity index is 1.65. The minimum Gasteiger partial charge on any atom is -0.454 e. The molecule has 1 fully saturated rings. The zero-order valence-corrected chi connectivity index (χ0v) is 23.6. The summed E-state index contributed by atoms with van der Waals surface area (Å²) in [5.41, 5.74) is 1.80. The number of thiocarbonyl (C=S) groups is 1. The summed E-state index contributed by atoms with van der Waals surface area (Å²) in [6, 6.07) is 7.73. The van der Waals surface area contributed by atoms with Crippen LogP contribution in [0.3, 0.4) is 0 Å². The zero-order chi connectivity index (χ0) is 27.2. The molecular formula is C28H32N4O4S2. The minimum absolute atomic E-state index is 0.0677. The fourth-order valence-corrected chi connectivity index (χ4v) is 5.88. The van der Waals surface area contributed by atoms with Crippen LogP contribution in [0.15, 0.2) is 27.9 Å². The van der Waals surface area contributed by atoms with Crippen molar-refractivity contribution >= 4 is 46.1 Å². The highest BCUT2D eigenvalue weighted by Crippen LogP contribution is 2.36. The number of carbonyl (C=O) groups is 1. The van der Waals surface area contributed by atoms with E-state index in [4.69, 9.17) is 21.7 Å². The van der Waals surface area contributed by atoms with Gasteiger partial charge in [-0.25, -0.2) is 0 Å². The van der Waals surface area contributed by atoms with E-state index in [0.29, 0.717) is 57.3 Å². The molecule has 0 aliphatic carbocycles. The molecule has 0 spiro atoms. The third kappa shape index (κ3) is 5.74. The smallest absolute Gasteiger partial charge is 0.270 e. The fourth-order valence-electron chi connectivity index (χ4n) is 4.59. The van der Waals surface area contributed by atoms with Crippen LogP contribution < -0.4 is 20.3 Å². The number of nitriles is 1. The summed E-state index contributed by atoms with van der Waals surface area (Å²) >= 11 is 6.79. The van der Waals surface area contributed by atoms with Crippen molar-refractivity contribution in [3.8, 4) is 17.6 Å². The third-order valence-electron chi connectivity index (χ3n) is 6.72. The van der Waals surface area contributed by atoms with Crippen molar-refractivity contribution < 1.29 is 14.3 Å². The molecule has 0 radical (unpaired) electrons. The second-order valence-corrected chi connectivity index (χ2v) is 10.9. The molecule has 1 saturated heterocycles. The minimum atomic E-state index is -0.363. The van der Waals surface area contributed by atoms with Crippen LogP contribution in [0.5, 0.6) is 11.5 Å². The van der Waals surface area contributed by atoms with E-state index in [-0.39, 0.29) is 23.8 Å². The Bertz CT molecular complexity index is 1380. The summed E-state index contributed by atoms with van der Waals surface area (Å²) in [5, 5.41) is 13.1. The molecular weight excluding hydrogens is 520 g/mol. The highest BCUT2D eigenvalue weighted by molar-refractivity contribution is 8.26. The first-order valence-corrected chi connectivity index (χ1v) is 14.2. The summed E-state index contributed by atoms with van der Waals surface area (Å²) in [5.74, 6) is 1.79. The van der Waals surface area contributed by atoms with Gasteiger partial charge in [0.25, 0.3) is 11.5 Å². The highest BCUT2D eigenvalue weighted by Gasteiger charge is 2.32. The van der Waals surface area contributed by atoms with Gasteiger partial charge in [-0.2, -0.15) is 5.26 Å². The average molecular weight is 553 g/mol. The standard InChI is InChI=1S/C28H32N4O4S2/c1-4-6-7-8-9-12-32-27(34)24(38-28(32)37)14-20-18(3)21(15-29)26(33)31(5-2)25(20)30-16-19-10-11-22-23(13-19)36-17-35-22/h10-11,13-14,30H,4-9,12,16-17H2,1-3H3/b24-14+. The van der Waals surface area contributed by atoms with Crippen molar-refractivity contribution in [1.82, 2.24) is 9.47 Å². The molecule has 2 aromatic rings.